The van der Waals surface area contributed by atoms with E-state index in [1.54, 1.807) is 99.6 Å². The summed E-state index contributed by atoms with van der Waals surface area (Å²) in [6.07, 6.45) is 10.9. The van der Waals surface area contributed by atoms with Crippen molar-refractivity contribution in [2.24, 2.45) is 44.8 Å². The molecule has 4 aromatic heterocycles. The first-order valence-electron chi connectivity index (χ1n) is 43.2. The highest BCUT2D eigenvalue weighted by atomic mass is 35.5. The van der Waals surface area contributed by atoms with Gasteiger partial charge >= 0.3 is 0 Å². The van der Waals surface area contributed by atoms with E-state index < -0.39 is 37.2 Å². The van der Waals surface area contributed by atoms with E-state index >= 15 is 0 Å². The second-order valence-electron chi connectivity index (χ2n) is 31.9. The number of aryl methyl sites for hydroxylation is 4. The largest absolute Gasteiger partial charge is 0.376 e. The van der Waals surface area contributed by atoms with Gasteiger partial charge in [0, 0.05) is 105 Å². The number of ether oxygens (including phenoxy) is 3. The van der Waals surface area contributed by atoms with Crippen LogP contribution in [0.3, 0.4) is 0 Å². The fourth-order valence-corrected chi connectivity index (χ4v) is 19.7. The van der Waals surface area contributed by atoms with Crippen molar-refractivity contribution in [3.8, 4) is 22.7 Å². The molecule has 7 atom stereocenters. The van der Waals surface area contributed by atoms with E-state index in [-0.39, 0.29) is 123 Å². The van der Waals surface area contributed by atoms with Crippen LogP contribution < -0.4 is 59.0 Å². The van der Waals surface area contributed by atoms with Gasteiger partial charge in [-0.2, -0.15) is 0 Å². The Hall–Kier alpha value is -6.32. The van der Waals surface area contributed by atoms with Crippen molar-refractivity contribution >= 4 is 116 Å². The Morgan fingerprint density at radius 1 is 0.395 bits per heavy atom. The molecule has 8 fully saturated rings. The summed E-state index contributed by atoms with van der Waals surface area (Å²) >= 11 is 49.8. The number of hydrogen-bond acceptors (Lipinski definition) is 18. The average Bonchev–Trinajstić information content (AvgIpc) is 1.71. The molecular formula is C84H103Cl8N15O7. The first kappa shape index (κ1) is 74.0. The zero-order valence-corrected chi connectivity index (χ0v) is 71.1. The molecule has 0 bridgehead atoms. The third-order valence-electron chi connectivity index (χ3n) is 25.6. The summed E-state index contributed by atoms with van der Waals surface area (Å²) in [6, 6.07) is 21.3. The number of aromatic nitrogens is 8. The Labute approximate surface area is 719 Å². The standard InChI is InChI=1S/3C21H26Cl2N4O2.C21H25Cl2N3O/c3*1-12-19(26-9-7-21(8-10-26)11-29-13(2)18(21)24)25-14(3)27(20(12)28)16-6-4-5-15(22)17(16)23;1-14-5-4-8-21(14)9-11-25(12-10-21)18-13-19(27)26(15(2)24-18)17-7-3-6-16(22)20(17)23/h3*4-6,13,18H,7-11,24H2,1-3H3;3,6-7,13-14H,4-5,8-12H2,1-2H3/t3*13-,18+;14-/m1110/s1/i3*1D3;. The van der Waals surface area contributed by atoms with Crippen molar-refractivity contribution in [2.45, 2.75) is 183 Å². The van der Waals surface area contributed by atoms with Gasteiger partial charge in [-0.15, -0.1) is 0 Å². The van der Waals surface area contributed by atoms with Crippen molar-refractivity contribution in [1.82, 2.24) is 38.2 Å². The molecular weight excluding hydrogens is 1610 g/mol. The molecule has 22 nitrogen and oxygen atoms in total. The molecule has 0 amide bonds. The van der Waals surface area contributed by atoms with Gasteiger partial charge in [0.1, 0.15) is 46.6 Å². The first-order valence-corrected chi connectivity index (χ1v) is 41.7. The topological polar surface area (TPSA) is 258 Å². The summed E-state index contributed by atoms with van der Waals surface area (Å²) in [5.41, 5.74) is 17.7. The summed E-state index contributed by atoms with van der Waals surface area (Å²) in [7, 11) is 0. The fourth-order valence-electron chi connectivity index (χ4n) is 18.2. The quantitative estimate of drug-likeness (QED) is 0.128. The molecule has 612 valence electrons. The maximum absolute atomic E-state index is 13.5. The van der Waals surface area contributed by atoms with E-state index in [0.29, 0.717) is 121 Å². The van der Waals surface area contributed by atoms with Crippen molar-refractivity contribution < 1.29 is 26.5 Å². The zero-order chi connectivity index (χ0) is 89.4. The van der Waals surface area contributed by atoms with Gasteiger partial charge in [-0.25, -0.2) is 19.9 Å². The number of nitrogens with two attached hydrogens (primary N) is 3. The molecule has 30 heteroatoms. The molecule has 7 aliphatic heterocycles. The Morgan fingerprint density at radius 3 is 0.939 bits per heavy atom. The second kappa shape index (κ2) is 34.6. The van der Waals surface area contributed by atoms with Gasteiger partial charge in [0.05, 0.1) is 118 Å². The maximum atomic E-state index is 13.5. The average molecular weight is 1730 g/mol. The summed E-state index contributed by atoms with van der Waals surface area (Å²) in [5.74, 6) is 3.77. The number of rotatable bonds is 8. The molecule has 8 aliphatic rings. The molecule has 0 unspecified atom stereocenters. The third-order valence-corrected chi connectivity index (χ3v) is 28.8. The van der Waals surface area contributed by atoms with Crippen LogP contribution in [0.1, 0.15) is 151 Å². The molecule has 8 aromatic rings. The minimum absolute atomic E-state index is 0.00812. The van der Waals surface area contributed by atoms with Crippen LogP contribution in [0.4, 0.5) is 23.3 Å². The maximum Gasteiger partial charge on any atom is 0.263 e. The number of piperidine rings is 4. The molecule has 114 heavy (non-hydrogen) atoms. The van der Waals surface area contributed by atoms with Crippen LogP contribution in [0, 0.1) is 75.8 Å². The van der Waals surface area contributed by atoms with Crippen LogP contribution in [0.15, 0.2) is 98.0 Å². The van der Waals surface area contributed by atoms with Crippen LogP contribution in [0.2, 0.25) is 40.2 Å². The van der Waals surface area contributed by atoms with E-state index in [2.05, 4.69) is 26.8 Å². The lowest BCUT2D eigenvalue weighted by Gasteiger charge is -2.42. The monoisotopic (exact) mass is 1720 g/mol. The highest BCUT2D eigenvalue weighted by molar-refractivity contribution is 6.44. The normalized spacial score (nSPS) is 24.8. The van der Waals surface area contributed by atoms with Gasteiger partial charge in [-0.05, 0) is 187 Å². The lowest BCUT2D eigenvalue weighted by Crippen LogP contribution is -2.51. The Balaban J connectivity index is 0.000000141. The lowest BCUT2D eigenvalue weighted by molar-refractivity contribution is 0.0973. The van der Waals surface area contributed by atoms with E-state index in [0.717, 1.165) is 63.4 Å². The molecule has 0 radical (unpaired) electrons. The van der Waals surface area contributed by atoms with E-state index in [4.69, 9.17) is 142 Å². The highest BCUT2D eigenvalue weighted by Crippen LogP contribution is 2.51. The molecule has 1 aliphatic carbocycles. The number of nitrogens with zero attached hydrogens (tertiary/aromatic N) is 12. The van der Waals surface area contributed by atoms with Crippen LogP contribution in [0.5, 0.6) is 0 Å². The molecule has 11 heterocycles. The molecule has 1 saturated carbocycles. The van der Waals surface area contributed by atoms with Gasteiger partial charge in [0.2, 0.25) is 0 Å². The van der Waals surface area contributed by atoms with E-state index in [1.165, 1.54) is 50.4 Å². The van der Waals surface area contributed by atoms with Gasteiger partial charge in [0.25, 0.3) is 22.2 Å². The van der Waals surface area contributed by atoms with Crippen LogP contribution in [0.25, 0.3) is 22.7 Å². The van der Waals surface area contributed by atoms with Crippen molar-refractivity contribution in [3.05, 3.63) is 200 Å². The summed E-state index contributed by atoms with van der Waals surface area (Å²) < 4.78 is 95.1. The number of benzene rings is 4. The predicted molar refractivity (Wildman–Crippen MR) is 461 cm³/mol. The van der Waals surface area contributed by atoms with Crippen LogP contribution in [-0.4, -0.2) is 147 Å². The van der Waals surface area contributed by atoms with Crippen molar-refractivity contribution in [1.29, 1.82) is 0 Å². The lowest BCUT2D eigenvalue weighted by atomic mass is 9.71. The SMILES string of the molecule is Cc1nc(N2CCC3(CCC[C@@H]3C)CC2)cc(=O)n1-c1cccc(Cl)c1Cl.[2H]C([2H])([2H])c1c(N2CCC3(CC2)CO[C@H](C)[C@@H]3N)nc(C)n(-c2cccc(Cl)c2Cl)c1=O.[2H]C([2H])([2H])c1c(N2CCC3(CC2)CO[C@H](C)[C@@H]3N)nc(C)n(-c2cccc(Cl)c2Cl)c1=O.[2H]C([2H])([2H])c1c(N2CCC3(CC2)CO[C@H](C)[C@@H]3N)nc(C)n(-c2cccc(Cl)c2Cl)c1=O. The van der Waals surface area contributed by atoms with Crippen LogP contribution >= 0.6 is 92.8 Å². The van der Waals surface area contributed by atoms with Crippen LogP contribution in [-0.2, 0) is 14.2 Å². The Morgan fingerprint density at radius 2 is 0.675 bits per heavy atom. The molecule has 16 rings (SSSR count). The van der Waals surface area contributed by atoms with E-state index in [1.807, 2.05) is 42.4 Å². The summed E-state index contributed by atoms with van der Waals surface area (Å²) in [4.78, 5) is 79.7. The molecule has 4 aromatic carbocycles. The summed E-state index contributed by atoms with van der Waals surface area (Å²) in [5, 5.41) is 2.08. The molecule has 4 spiro atoms. The molecule has 7 saturated heterocycles. The highest BCUT2D eigenvalue weighted by Gasteiger charge is 2.51. The zero-order valence-electron chi connectivity index (χ0n) is 74.1. The second-order valence-corrected chi connectivity index (χ2v) is 35.1. The van der Waals surface area contributed by atoms with Gasteiger partial charge in [-0.1, -0.05) is 137 Å². The van der Waals surface area contributed by atoms with Gasteiger partial charge < -0.3 is 51.0 Å². The van der Waals surface area contributed by atoms with E-state index in [9.17, 15) is 19.2 Å². The third kappa shape index (κ3) is 16.3. The van der Waals surface area contributed by atoms with Gasteiger partial charge in [-0.3, -0.25) is 37.4 Å². The summed E-state index contributed by atoms with van der Waals surface area (Å²) in [6.45, 7) is 14.1. The molecule has 6 N–H and O–H groups in total. The number of anilines is 4. The van der Waals surface area contributed by atoms with Crippen molar-refractivity contribution in [3.63, 3.8) is 0 Å². The van der Waals surface area contributed by atoms with Gasteiger partial charge in [0.15, 0.2) is 0 Å². The Bertz CT molecular complexity index is 5140. The minimum Gasteiger partial charge on any atom is -0.376 e. The number of halogens is 8. The Kier molecular flexibility index (Phi) is 22.4. The smallest absolute Gasteiger partial charge is 0.263 e. The number of hydrogen-bond donors (Lipinski definition) is 3. The minimum atomic E-state index is -2.66. The predicted octanol–water partition coefficient (Wildman–Crippen LogP) is 15.7. The fraction of sp³-hybridized carbons (Fsp3) is 0.524. The first-order chi connectivity index (χ1) is 57.8. The van der Waals surface area contributed by atoms with Crippen molar-refractivity contribution in [2.75, 3.05) is 91.8 Å².